The molecule has 0 unspecified atom stereocenters. The van der Waals surface area contributed by atoms with E-state index in [0.717, 1.165) is 15.7 Å². The van der Waals surface area contributed by atoms with Crippen LogP contribution in [0.1, 0.15) is 12.0 Å². The van der Waals surface area contributed by atoms with Crippen molar-refractivity contribution in [1.29, 1.82) is 0 Å². The van der Waals surface area contributed by atoms with Crippen LogP contribution >= 0.6 is 31.9 Å². The lowest BCUT2D eigenvalue weighted by atomic mass is 10.2. The molecule has 1 aromatic carbocycles. The van der Waals surface area contributed by atoms with Crippen molar-refractivity contribution in [3.8, 4) is 0 Å². The fraction of sp³-hybridized carbons (Fsp3) is 0.300. The molecular formula is C10H11Br2NO. The molecular weight excluding hydrogens is 310 g/mol. The Balaban J connectivity index is 2.75. The number of carbonyl (C=O) groups is 1. The molecule has 14 heavy (non-hydrogen) atoms. The first-order chi connectivity index (χ1) is 6.63. The first kappa shape index (κ1) is 11.7. The summed E-state index contributed by atoms with van der Waals surface area (Å²) in [6, 6.07) is 5.82. The number of nitrogens with one attached hydrogen (secondary N) is 1. The van der Waals surface area contributed by atoms with Crippen molar-refractivity contribution in [1.82, 2.24) is 0 Å². The molecule has 0 atom stereocenters. The number of anilines is 1. The number of amides is 1. The lowest BCUT2D eigenvalue weighted by molar-refractivity contribution is -0.115. The van der Waals surface area contributed by atoms with Crippen LogP contribution in [0.15, 0.2) is 22.7 Å². The highest BCUT2D eigenvalue weighted by Crippen LogP contribution is 2.20. The van der Waals surface area contributed by atoms with E-state index in [1.807, 2.05) is 25.1 Å². The Morgan fingerprint density at radius 2 is 2.21 bits per heavy atom. The summed E-state index contributed by atoms with van der Waals surface area (Å²) in [5.74, 6) is 0.0306. The van der Waals surface area contributed by atoms with Gasteiger partial charge in [-0.3, -0.25) is 4.79 Å². The third kappa shape index (κ3) is 3.42. The molecule has 0 fully saturated rings. The number of halogens is 2. The van der Waals surface area contributed by atoms with Crippen LogP contribution < -0.4 is 5.32 Å². The van der Waals surface area contributed by atoms with Crippen LogP contribution in [0.5, 0.6) is 0 Å². The van der Waals surface area contributed by atoms with Crippen molar-refractivity contribution < 1.29 is 4.79 Å². The molecule has 0 aromatic heterocycles. The Morgan fingerprint density at radius 1 is 1.50 bits per heavy atom. The highest BCUT2D eigenvalue weighted by atomic mass is 79.9. The Bertz CT molecular complexity index is 339. The fourth-order valence-corrected chi connectivity index (χ4v) is 1.75. The fourth-order valence-electron chi connectivity index (χ4n) is 1.03. The second-order valence-electron chi connectivity index (χ2n) is 2.95. The third-order valence-corrected chi connectivity index (χ3v) is 2.69. The Hall–Kier alpha value is -0.350. The molecule has 0 heterocycles. The van der Waals surface area contributed by atoms with Crippen molar-refractivity contribution in [2.24, 2.45) is 0 Å². The van der Waals surface area contributed by atoms with Gasteiger partial charge in [0.2, 0.25) is 5.91 Å². The second-order valence-corrected chi connectivity index (χ2v) is 4.66. The van der Waals surface area contributed by atoms with E-state index in [1.165, 1.54) is 0 Å². The van der Waals surface area contributed by atoms with E-state index in [2.05, 4.69) is 37.2 Å². The Labute approximate surface area is 100 Å². The number of hydrogen-bond acceptors (Lipinski definition) is 1. The summed E-state index contributed by atoms with van der Waals surface area (Å²) >= 11 is 6.59. The lowest BCUT2D eigenvalue weighted by Crippen LogP contribution is -2.12. The number of alkyl halides is 1. The van der Waals surface area contributed by atoms with Crippen LogP contribution in [-0.4, -0.2) is 11.2 Å². The van der Waals surface area contributed by atoms with E-state index in [0.29, 0.717) is 11.8 Å². The summed E-state index contributed by atoms with van der Waals surface area (Å²) in [6.07, 6.45) is 0.492. The third-order valence-electron chi connectivity index (χ3n) is 1.80. The second kappa shape index (κ2) is 5.51. The summed E-state index contributed by atoms with van der Waals surface area (Å²) in [7, 11) is 0. The van der Waals surface area contributed by atoms with Crippen LogP contribution in [0.2, 0.25) is 0 Å². The number of aryl methyl sites for hydroxylation is 1. The van der Waals surface area contributed by atoms with Crippen molar-refractivity contribution in [2.75, 3.05) is 10.6 Å². The zero-order valence-electron chi connectivity index (χ0n) is 7.81. The zero-order chi connectivity index (χ0) is 10.6. The Kier molecular flexibility index (Phi) is 4.62. The molecule has 76 valence electrons. The van der Waals surface area contributed by atoms with Gasteiger partial charge in [-0.2, -0.15) is 0 Å². The predicted molar refractivity (Wildman–Crippen MR) is 65.9 cm³/mol. The van der Waals surface area contributed by atoms with E-state index < -0.39 is 0 Å². The van der Waals surface area contributed by atoms with Crippen LogP contribution in [0.3, 0.4) is 0 Å². The van der Waals surface area contributed by atoms with Gasteiger partial charge in [0, 0.05) is 21.9 Å². The van der Waals surface area contributed by atoms with Gasteiger partial charge in [0.1, 0.15) is 0 Å². The monoisotopic (exact) mass is 319 g/mol. The van der Waals surface area contributed by atoms with Gasteiger partial charge in [-0.05, 0) is 24.6 Å². The van der Waals surface area contributed by atoms with Crippen molar-refractivity contribution in [2.45, 2.75) is 13.3 Å². The van der Waals surface area contributed by atoms with Gasteiger partial charge >= 0.3 is 0 Å². The molecule has 1 N–H and O–H groups in total. The predicted octanol–water partition coefficient (Wildman–Crippen LogP) is 3.48. The number of carbonyl (C=O) groups excluding carboxylic acids is 1. The average Bonchev–Trinajstić information content (AvgIpc) is 2.12. The minimum atomic E-state index is 0.0306. The quantitative estimate of drug-likeness (QED) is 0.849. The van der Waals surface area contributed by atoms with Crippen LogP contribution in [0.25, 0.3) is 0 Å². The molecule has 4 heteroatoms. The topological polar surface area (TPSA) is 29.1 Å². The molecule has 0 bridgehead atoms. The van der Waals surface area contributed by atoms with E-state index in [4.69, 9.17) is 0 Å². The maximum Gasteiger partial charge on any atom is 0.225 e. The summed E-state index contributed by atoms with van der Waals surface area (Å²) in [4.78, 5) is 11.3. The summed E-state index contributed by atoms with van der Waals surface area (Å²) < 4.78 is 0.970. The number of benzene rings is 1. The van der Waals surface area contributed by atoms with E-state index >= 15 is 0 Å². The normalized spacial score (nSPS) is 9.93. The van der Waals surface area contributed by atoms with Crippen molar-refractivity contribution >= 4 is 43.5 Å². The van der Waals surface area contributed by atoms with Crippen LogP contribution in [-0.2, 0) is 4.79 Å². The highest BCUT2D eigenvalue weighted by Gasteiger charge is 2.03. The minimum absolute atomic E-state index is 0.0306. The highest BCUT2D eigenvalue weighted by molar-refractivity contribution is 9.10. The summed E-state index contributed by atoms with van der Waals surface area (Å²) in [6.45, 7) is 1.97. The minimum Gasteiger partial charge on any atom is -0.326 e. The summed E-state index contributed by atoms with van der Waals surface area (Å²) in [5, 5.41) is 3.54. The standard InChI is InChI=1S/C10H11Br2NO/c1-7-2-3-8(12)6-9(7)13-10(14)4-5-11/h2-3,6H,4-5H2,1H3,(H,13,14). The van der Waals surface area contributed by atoms with Crippen LogP contribution in [0.4, 0.5) is 5.69 Å². The van der Waals surface area contributed by atoms with Crippen molar-refractivity contribution in [3.63, 3.8) is 0 Å². The zero-order valence-corrected chi connectivity index (χ0v) is 11.0. The van der Waals surface area contributed by atoms with Gasteiger partial charge in [-0.15, -0.1) is 0 Å². The first-order valence-electron chi connectivity index (χ1n) is 4.25. The molecule has 1 rings (SSSR count). The van der Waals surface area contributed by atoms with E-state index in [9.17, 15) is 4.79 Å². The van der Waals surface area contributed by atoms with Gasteiger partial charge in [0.05, 0.1) is 0 Å². The molecule has 0 saturated heterocycles. The molecule has 0 aliphatic carbocycles. The largest absolute Gasteiger partial charge is 0.326 e. The van der Waals surface area contributed by atoms with Crippen LogP contribution in [0, 0.1) is 6.92 Å². The lowest BCUT2D eigenvalue weighted by Gasteiger charge is -2.07. The average molecular weight is 321 g/mol. The maximum atomic E-state index is 11.3. The molecule has 1 aromatic rings. The first-order valence-corrected chi connectivity index (χ1v) is 6.17. The summed E-state index contributed by atoms with van der Waals surface area (Å²) in [5.41, 5.74) is 1.93. The molecule has 2 nitrogen and oxygen atoms in total. The SMILES string of the molecule is Cc1ccc(Br)cc1NC(=O)CCBr. The molecule has 0 aliphatic heterocycles. The molecule has 0 saturated carbocycles. The molecule has 0 radical (unpaired) electrons. The number of rotatable bonds is 3. The smallest absolute Gasteiger partial charge is 0.225 e. The molecule has 0 aliphatic rings. The van der Waals surface area contributed by atoms with E-state index in [-0.39, 0.29) is 5.91 Å². The van der Waals surface area contributed by atoms with Gasteiger partial charge in [0.15, 0.2) is 0 Å². The van der Waals surface area contributed by atoms with E-state index in [1.54, 1.807) is 0 Å². The van der Waals surface area contributed by atoms with Gasteiger partial charge in [0.25, 0.3) is 0 Å². The Morgan fingerprint density at radius 3 is 2.86 bits per heavy atom. The van der Waals surface area contributed by atoms with Gasteiger partial charge in [-0.1, -0.05) is 37.9 Å². The molecule has 0 spiro atoms. The maximum absolute atomic E-state index is 11.3. The molecule has 1 amide bonds. The van der Waals surface area contributed by atoms with Crippen molar-refractivity contribution in [3.05, 3.63) is 28.2 Å². The van der Waals surface area contributed by atoms with Gasteiger partial charge < -0.3 is 5.32 Å². The van der Waals surface area contributed by atoms with Gasteiger partial charge in [-0.25, -0.2) is 0 Å². The number of hydrogen-bond donors (Lipinski definition) is 1.